The zero-order chi connectivity index (χ0) is 13.9. The smallest absolute Gasteiger partial charge is 0.331 e. The summed E-state index contributed by atoms with van der Waals surface area (Å²) in [4.78, 5) is 38.7. The Morgan fingerprint density at radius 1 is 1.39 bits per heavy atom. The molecule has 1 fully saturated rings. The maximum absolute atomic E-state index is 11.4. The van der Waals surface area contributed by atoms with E-state index in [1.807, 2.05) is 0 Å². The highest BCUT2D eigenvalue weighted by molar-refractivity contribution is 5.94. The van der Waals surface area contributed by atoms with Crippen molar-refractivity contribution in [1.29, 1.82) is 0 Å². The fourth-order valence-corrected chi connectivity index (χ4v) is 1.23. The van der Waals surface area contributed by atoms with Gasteiger partial charge < -0.3 is 9.47 Å². The first kappa shape index (κ1) is 14.4. The molecule has 1 rings (SSSR count). The van der Waals surface area contributed by atoms with E-state index in [2.05, 4.69) is 4.74 Å². The van der Waals surface area contributed by atoms with Crippen LogP contribution in [0.15, 0.2) is 0 Å². The van der Waals surface area contributed by atoms with Gasteiger partial charge in [0.25, 0.3) is 0 Å². The highest BCUT2D eigenvalue weighted by Gasteiger charge is 2.44. The lowest BCUT2D eigenvalue weighted by Crippen LogP contribution is -2.56. The normalized spacial score (nSPS) is 19.2. The van der Waals surface area contributed by atoms with Crippen LogP contribution >= 0.6 is 0 Å². The van der Waals surface area contributed by atoms with Gasteiger partial charge in [-0.05, 0) is 20.8 Å². The highest BCUT2D eigenvalue weighted by Crippen LogP contribution is 2.21. The second kappa shape index (κ2) is 5.34. The van der Waals surface area contributed by atoms with Gasteiger partial charge in [-0.1, -0.05) is 0 Å². The fourth-order valence-electron chi connectivity index (χ4n) is 1.23. The van der Waals surface area contributed by atoms with E-state index in [1.165, 1.54) is 7.11 Å². The number of β-lactam (4-membered cyclic amide) rings is 1. The molecule has 1 saturated heterocycles. The molecule has 0 aromatic heterocycles. The molecule has 18 heavy (non-hydrogen) atoms. The van der Waals surface area contributed by atoms with Crippen molar-refractivity contribution in [3.05, 3.63) is 0 Å². The second-order valence-electron chi connectivity index (χ2n) is 4.89. The molecule has 0 radical (unpaired) electrons. The molecular weight excluding hydrogens is 242 g/mol. The molecule has 0 aliphatic carbocycles. The summed E-state index contributed by atoms with van der Waals surface area (Å²) in [5.74, 6) is -1.36. The Morgan fingerprint density at radius 3 is 2.44 bits per heavy atom. The molecule has 7 nitrogen and oxygen atoms in total. The first-order chi connectivity index (χ1) is 8.27. The van der Waals surface area contributed by atoms with Gasteiger partial charge in [0, 0.05) is 0 Å². The van der Waals surface area contributed by atoms with Crippen LogP contribution in [0.1, 0.15) is 27.2 Å². The number of hydrogen-bond acceptors (Lipinski definition) is 6. The molecule has 0 aromatic rings. The van der Waals surface area contributed by atoms with E-state index in [0.717, 1.165) is 5.06 Å². The lowest BCUT2D eigenvalue weighted by atomic mass is 9.98. The molecule has 1 aliphatic rings. The minimum atomic E-state index is -0.754. The van der Waals surface area contributed by atoms with Gasteiger partial charge in [0.2, 0.25) is 12.7 Å². The Hall–Kier alpha value is -1.63. The number of hydrogen-bond donors (Lipinski definition) is 0. The van der Waals surface area contributed by atoms with Crippen molar-refractivity contribution >= 4 is 17.8 Å². The maximum atomic E-state index is 11.4. The van der Waals surface area contributed by atoms with E-state index >= 15 is 0 Å². The molecule has 0 unspecified atom stereocenters. The van der Waals surface area contributed by atoms with Gasteiger partial charge in [0.1, 0.15) is 0 Å². The third-order valence-corrected chi connectivity index (χ3v) is 2.36. The van der Waals surface area contributed by atoms with Crippen molar-refractivity contribution in [3.8, 4) is 0 Å². The number of hydroxylamine groups is 2. The number of rotatable bonds is 4. The SMILES string of the molecule is COC(=O)[C@H]1CC(=O)N1OCOC(=O)C(C)(C)C. The molecule has 0 aromatic carbocycles. The van der Waals surface area contributed by atoms with Crippen LogP contribution in [0, 0.1) is 5.41 Å². The van der Waals surface area contributed by atoms with E-state index < -0.39 is 30.2 Å². The summed E-state index contributed by atoms with van der Waals surface area (Å²) in [6.45, 7) is 4.68. The number of methoxy groups -OCH3 is 1. The Kier molecular flexibility index (Phi) is 4.28. The first-order valence-electron chi connectivity index (χ1n) is 5.47. The minimum absolute atomic E-state index is 0.0416. The fraction of sp³-hybridized carbons (Fsp3) is 0.727. The van der Waals surface area contributed by atoms with Crippen LogP contribution in [0.4, 0.5) is 0 Å². The maximum Gasteiger partial charge on any atom is 0.331 e. The van der Waals surface area contributed by atoms with Gasteiger partial charge >= 0.3 is 11.9 Å². The van der Waals surface area contributed by atoms with E-state index in [-0.39, 0.29) is 12.3 Å². The van der Waals surface area contributed by atoms with E-state index in [1.54, 1.807) is 20.8 Å². The van der Waals surface area contributed by atoms with Gasteiger partial charge in [-0.2, -0.15) is 0 Å². The third kappa shape index (κ3) is 3.19. The summed E-state index contributed by atoms with van der Waals surface area (Å²) in [5.41, 5.74) is -0.649. The standard InChI is InChI=1S/C11H17NO6/c1-11(2,3)10(15)17-6-18-12-7(5-8(12)13)9(14)16-4/h7H,5-6H2,1-4H3/t7-/m1/s1. The lowest BCUT2D eigenvalue weighted by molar-refractivity contribution is -0.260. The molecule has 102 valence electrons. The van der Waals surface area contributed by atoms with E-state index in [0.29, 0.717) is 0 Å². The number of nitrogens with zero attached hydrogens (tertiary/aromatic N) is 1. The van der Waals surface area contributed by atoms with Crippen LogP contribution < -0.4 is 0 Å². The van der Waals surface area contributed by atoms with Crippen molar-refractivity contribution in [2.45, 2.75) is 33.2 Å². The molecule has 1 atom stereocenters. The molecule has 0 saturated carbocycles. The van der Waals surface area contributed by atoms with Crippen molar-refractivity contribution in [2.24, 2.45) is 5.41 Å². The van der Waals surface area contributed by atoms with Crippen LogP contribution in [0.5, 0.6) is 0 Å². The Balaban J connectivity index is 2.37. The largest absolute Gasteiger partial charge is 0.467 e. The number of ether oxygens (including phenoxy) is 2. The molecule has 0 N–H and O–H groups in total. The zero-order valence-corrected chi connectivity index (χ0v) is 10.9. The van der Waals surface area contributed by atoms with Crippen LogP contribution in [0.25, 0.3) is 0 Å². The van der Waals surface area contributed by atoms with Gasteiger partial charge in [-0.25, -0.2) is 14.7 Å². The Morgan fingerprint density at radius 2 is 2.00 bits per heavy atom. The molecule has 1 heterocycles. The number of amides is 1. The van der Waals surface area contributed by atoms with Crippen LogP contribution in [0.2, 0.25) is 0 Å². The number of esters is 2. The van der Waals surface area contributed by atoms with E-state index in [4.69, 9.17) is 9.57 Å². The Labute approximate surface area is 105 Å². The predicted octanol–water partition coefficient (Wildman–Crippen LogP) is 0.239. The number of carbonyl (C=O) groups excluding carboxylic acids is 3. The molecule has 0 spiro atoms. The molecular formula is C11H17NO6. The van der Waals surface area contributed by atoms with E-state index in [9.17, 15) is 14.4 Å². The summed E-state index contributed by atoms with van der Waals surface area (Å²) in [7, 11) is 1.23. The quantitative estimate of drug-likeness (QED) is 0.408. The first-order valence-corrected chi connectivity index (χ1v) is 5.47. The minimum Gasteiger partial charge on any atom is -0.467 e. The average molecular weight is 259 g/mol. The van der Waals surface area contributed by atoms with Crippen molar-refractivity contribution < 1.29 is 28.7 Å². The predicted molar refractivity (Wildman–Crippen MR) is 58.8 cm³/mol. The van der Waals surface area contributed by atoms with Gasteiger partial charge in [-0.3, -0.25) is 9.59 Å². The number of carbonyl (C=O) groups is 3. The van der Waals surface area contributed by atoms with Crippen molar-refractivity contribution in [3.63, 3.8) is 0 Å². The average Bonchev–Trinajstić information content (AvgIpc) is 2.28. The monoisotopic (exact) mass is 259 g/mol. The van der Waals surface area contributed by atoms with Crippen LogP contribution in [-0.2, 0) is 28.7 Å². The molecule has 1 aliphatic heterocycles. The summed E-state index contributed by atoms with van der Waals surface area (Å²) in [6.07, 6.45) is 0.0416. The third-order valence-electron chi connectivity index (χ3n) is 2.36. The molecule has 0 bridgehead atoms. The van der Waals surface area contributed by atoms with Gasteiger partial charge in [-0.15, -0.1) is 0 Å². The highest BCUT2D eigenvalue weighted by atomic mass is 16.8. The van der Waals surface area contributed by atoms with Gasteiger partial charge in [0.05, 0.1) is 18.9 Å². The topological polar surface area (TPSA) is 82.1 Å². The Bertz CT molecular complexity index is 359. The summed E-state index contributed by atoms with van der Waals surface area (Å²) in [6, 6.07) is -0.754. The molecule has 1 amide bonds. The van der Waals surface area contributed by atoms with Gasteiger partial charge in [0.15, 0.2) is 6.04 Å². The van der Waals surface area contributed by atoms with Crippen LogP contribution in [0.3, 0.4) is 0 Å². The lowest BCUT2D eigenvalue weighted by Gasteiger charge is -2.36. The summed E-state index contributed by atoms with van der Waals surface area (Å²) >= 11 is 0. The summed E-state index contributed by atoms with van der Waals surface area (Å²) < 4.78 is 9.31. The summed E-state index contributed by atoms with van der Waals surface area (Å²) in [5, 5.41) is 0.863. The van der Waals surface area contributed by atoms with Crippen LogP contribution in [-0.4, -0.2) is 42.9 Å². The van der Waals surface area contributed by atoms with Crippen molar-refractivity contribution in [1.82, 2.24) is 5.06 Å². The molecule has 7 heteroatoms. The van der Waals surface area contributed by atoms with Crippen molar-refractivity contribution in [2.75, 3.05) is 13.9 Å². The second-order valence-corrected chi connectivity index (χ2v) is 4.89. The zero-order valence-electron chi connectivity index (χ0n) is 10.9.